The molecule has 0 aromatic carbocycles. The Morgan fingerprint density at radius 1 is 0.438 bits per heavy atom. The third kappa shape index (κ3) is 4.55. The van der Waals surface area contributed by atoms with Crippen LogP contribution in [0.15, 0.2) is 0 Å². The summed E-state index contributed by atoms with van der Waals surface area (Å²) in [5.74, 6) is 0. The van der Waals surface area contributed by atoms with Crippen LogP contribution >= 0.6 is 0 Å². The first-order valence-corrected chi connectivity index (χ1v) is 12.5. The minimum atomic E-state index is -1.20. The van der Waals surface area contributed by atoms with Gasteiger partial charge in [0.25, 0.3) is 0 Å². The summed E-state index contributed by atoms with van der Waals surface area (Å²) in [5.41, 5.74) is -4.71. The molecule has 2 N–H and O–H groups in total. The molecule has 0 bridgehead atoms. The highest BCUT2D eigenvalue weighted by Gasteiger charge is 2.74. The second kappa shape index (κ2) is 7.67. The number of hydrogen-bond acceptors (Lipinski definition) is 4. The second-order valence-electron chi connectivity index (χ2n) is 16.6. The maximum Gasteiger partial charge on any atom is 0.140 e. The molecule has 1 saturated heterocycles. The maximum absolute atomic E-state index is 13.1. The maximum atomic E-state index is 13.1. The minimum Gasteiger partial charge on any atom is -0.373 e. The van der Waals surface area contributed by atoms with Gasteiger partial charge in [0.05, 0.1) is 12.1 Å². The first-order valence-electron chi connectivity index (χ1n) is 12.5. The molecule has 0 saturated carbocycles. The lowest BCUT2D eigenvalue weighted by molar-refractivity contribution is -0.406. The predicted octanol–water partition coefficient (Wildman–Crippen LogP) is 6.50. The van der Waals surface area contributed by atoms with Gasteiger partial charge in [0, 0.05) is 21.9 Å². The van der Waals surface area contributed by atoms with E-state index in [0.29, 0.717) is 0 Å². The van der Waals surface area contributed by atoms with E-state index >= 15 is 0 Å². The topological polar surface area (TPSA) is 46.9 Å². The molecule has 0 aromatic rings. The number of nitrogens with zero attached hydrogens (tertiary/aromatic N) is 2. The van der Waals surface area contributed by atoms with Crippen molar-refractivity contribution in [3.8, 4) is 0 Å². The quantitative estimate of drug-likeness (QED) is 0.438. The van der Waals surface area contributed by atoms with Gasteiger partial charge in [-0.3, -0.25) is 9.80 Å². The Morgan fingerprint density at radius 2 is 0.625 bits per heavy atom. The van der Waals surface area contributed by atoms with E-state index in [1.54, 1.807) is 0 Å². The lowest BCUT2D eigenvalue weighted by atomic mass is 9.56. The zero-order chi connectivity index (χ0) is 26.3. The van der Waals surface area contributed by atoms with Gasteiger partial charge in [-0.1, -0.05) is 83.1 Å². The fraction of sp³-hybridized carbons (Fsp3) is 1.00. The average molecular weight is 455 g/mol. The van der Waals surface area contributed by atoms with E-state index < -0.39 is 22.3 Å². The third-order valence-corrected chi connectivity index (χ3v) is 7.31. The van der Waals surface area contributed by atoms with Crippen LogP contribution < -0.4 is 0 Å². The normalized spacial score (nSPS) is 33.0. The molecule has 0 amide bonds. The highest BCUT2D eigenvalue weighted by Crippen LogP contribution is 2.61. The van der Waals surface area contributed by atoms with Crippen LogP contribution in [0.5, 0.6) is 0 Å². The SMILES string of the molecule is CC(C)(C)C1N(C(C)(C)C)C(O)(C(C)(C)C)C(C(C)(C)C)N(C(C)(C)C)C1(O)C(C)(C)C. The summed E-state index contributed by atoms with van der Waals surface area (Å²) in [6.07, 6.45) is 0. The molecule has 1 aliphatic rings. The number of rotatable bonds is 0. The van der Waals surface area contributed by atoms with E-state index in [4.69, 9.17) is 0 Å². The van der Waals surface area contributed by atoms with Crippen molar-refractivity contribution >= 4 is 0 Å². The average Bonchev–Trinajstić information content (AvgIpc) is 2.40. The molecule has 1 fully saturated rings. The molecule has 4 heteroatoms. The Hall–Kier alpha value is -0.160. The van der Waals surface area contributed by atoms with Crippen molar-refractivity contribution in [3.63, 3.8) is 0 Å². The summed E-state index contributed by atoms with van der Waals surface area (Å²) in [6, 6.07) is -0.644. The summed E-state index contributed by atoms with van der Waals surface area (Å²) < 4.78 is 0. The predicted molar refractivity (Wildman–Crippen MR) is 138 cm³/mol. The van der Waals surface area contributed by atoms with Gasteiger partial charge in [-0.25, -0.2) is 0 Å². The first-order chi connectivity index (χ1) is 13.5. The molecule has 1 heterocycles. The molecule has 0 aromatic heterocycles. The monoisotopic (exact) mass is 454 g/mol. The Morgan fingerprint density at radius 3 is 0.719 bits per heavy atom. The Balaban J connectivity index is 4.49. The van der Waals surface area contributed by atoms with Crippen molar-refractivity contribution in [2.75, 3.05) is 0 Å². The lowest BCUT2D eigenvalue weighted by Gasteiger charge is -2.77. The van der Waals surface area contributed by atoms with Crippen LogP contribution in [0.1, 0.15) is 125 Å². The van der Waals surface area contributed by atoms with Crippen molar-refractivity contribution in [1.82, 2.24) is 9.80 Å². The van der Waals surface area contributed by atoms with Gasteiger partial charge in [0.15, 0.2) is 0 Å². The van der Waals surface area contributed by atoms with E-state index in [-0.39, 0.29) is 34.0 Å². The van der Waals surface area contributed by atoms with Crippen LogP contribution in [-0.4, -0.2) is 54.6 Å². The van der Waals surface area contributed by atoms with Crippen molar-refractivity contribution in [2.45, 2.75) is 159 Å². The summed E-state index contributed by atoms with van der Waals surface area (Å²) in [6.45, 7) is 39.2. The molecule has 4 atom stereocenters. The van der Waals surface area contributed by atoms with Crippen molar-refractivity contribution in [2.24, 2.45) is 21.7 Å². The second-order valence-corrected chi connectivity index (χ2v) is 16.6. The van der Waals surface area contributed by atoms with E-state index in [1.165, 1.54) is 0 Å². The molecule has 1 aliphatic heterocycles. The van der Waals surface area contributed by atoms with Gasteiger partial charge in [-0.15, -0.1) is 0 Å². The van der Waals surface area contributed by atoms with Gasteiger partial charge in [0.1, 0.15) is 11.4 Å². The van der Waals surface area contributed by atoms with Crippen molar-refractivity contribution < 1.29 is 10.2 Å². The molecule has 0 radical (unpaired) electrons. The standard InChI is InChI=1S/C28H58N2O2/c1-21(2,3)19-27(31,23(7,8)9)30(26(16,17)18)20(22(4,5)6)28(32,24(10,11)12)29(19)25(13,14)15/h19-20,31-32H,1-18H3. The van der Waals surface area contributed by atoms with Gasteiger partial charge in [-0.05, 0) is 52.4 Å². The number of piperazine rings is 1. The zero-order valence-corrected chi connectivity index (χ0v) is 24.9. The van der Waals surface area contributed by atoms with Crippen LogP contribution in [0.4, 0.5) is 0 Å². The molecule has 0 aliphatic carbocycles. The molecular formula is C28H58N2O2. The van der Waals surface area contributed by atoms with Crippen molar-refractivity contribution in [3.05, 3.63) is 0 Å². The Kier molecular flexibility index (Phi) is 7.16. The lowest BCUT2D eigenvalue weighted by Crippen LogP contribution is -2.91. The third-order valence-electron chi connectivity index (χ3n) is 7.31. The summed E-state index contributed by atoms with van der Waals surface area (Å²) >= 11 is 0. The van der Waals surface area contributed by atoms with Crippen molar-refractivity contribution in [1.29, 1.82) is 0 Å². The highest BCUT2D eigenvalue weighted by molar-refractivity contribution is 5.23. The fourth-order valence-electron chi connectivity index (χ4n) is 6.34. The van der Waals surface area contributed by atoms with Gasteiger partial charge in [0.2, 0.25) is 0 Å². The largest absolute Gasteiger partial charge is 0.373 e. The van der Waals surface area contributed by atoms with Crippen LogP contribution in [0.25, 0.3) is 0 Å². The molecule has 0 spiro atoms. The molecule has 4 unspecified atom stereocenters. The van der Waals surface area contributed by atoms with E-state index in [2.05, 4.69) is 134 Å². The van der Waals surface area contributed by atoms with Crippen LogP contribution in [0, 0.1) is 21.7 Å². The molecule has 192 valence electrons. The smallest absolute Gasteiger partial charge is 0.140 e. The Bertz CT molecular complexity index is 569. The summed E-state index contributed by atoms with van der Waals surface area (Å²) in [4.78, 5) is 4.59. The van der Waals surface area contributed by atoms with E-state index in [9.17, 15) is 10.2 Å². The molecule has 1 rings (SSSR count). The summed E-state index contributed by atoms with van der Waals surface area (Å²) in [5, 5.41) is 26.3. The fourth-order valence-corrected chi connectivity index (χ4v) is 6.34. The number of aliphatic hydroxyl groups is 2. The molecular weight excluding hydrogens is 396 g/mol. The van der Waals surface area contributed by atoms with Gasteiger partial charge >= 0.3 is 0 Å². The van der Waals surface area contributed by atoms with Gasteiger partial charge < -0.3 is 10.2 Å². The Labute approximate surface area is 201 Å². The summed E-state index contributed by atoms with van der Waals surface area (Å²) in [7, 11) is 0. The highest BCUT2D eigenvalue weighted by atomic mass is 16.3. The van der Waals surface area contributed by atoms with Gasteiger partial charge in [-0.2, -0.15) is 0 Å². The molecule has 4 nitrogen and oxygen atoms in total. The number of hydrogen-bond donors (Lipinski definition) is 2. The minimum absolute atomic E-state index is 0.305. The molecule has 32 heavy (non-hydrogen) atoms. The van der Waals surface area contributed by atoms with E-state index in [1.807, 2.05) is 0 Å². The van der Waals surface area contributed by atoms with Crippen LogP contribution in [-0.2, 0) is 0 Å². The van der Waals surface area contributed by atoms with Crippen LogP contribution in [0.3, 0.4) is 0 Å². The first kappa shape index (κ1) is 29.9. The zero-order valence-electron chi connectivity index (χ0n) is 24.9. The van der Waals surface area contributed by atoms with Crippen LogP contribution in [0.2, 0.25) is 0 Å². The van der Waals surface area contributed by atoms with E-state index in [0.717, 1.165) is 0 Å².